The van der Waals surface area contributed by atoms with Gasteiger partial charge in [0.1, 0.15) is 11.8 Å². The summed E-state index contributed by atoms with van der Waals surface area (Å²) in [6.45, 7) is 0. The summed E-state index contributed by atoms with van der Waals surface area (Å²) in [7, 11) is 2.88. The van der Waals surface area contributed by atoms with Crippen molar-refractivity contribution < 1.29 is 19.1 Å². The minimum Gasteiger partial charge on any atom is -0.497 e. The maximum atomic E-state index is 12.2. The fourth-order valence-corrected chi connectivity index (χ4v) is 2.20. The second-order valence-corrected chi connectivity index (χ2v) is 4.97. The summed E-state index contributed by atoms with van der Waals surface area (Å²) in [6.07, 6.45) is 0.322. The molecule has 0 aliphatic rings. The lowest BCUT2D eigenvalue weighted by Crippen LogP contribution is -2.43. The molecule has 1 atom stereocenters. The average Bonchev–Trinajstić information content (AvgIpc) is 2.61. The van der Waals surface area contributed by atoms with Crippen molar-refractivity contribution in [2.24, 2.45) is 0 Å². The van der Waals surface area contributed by atoms with Gasteiger partial charge >= 0.3 is 5.97 Å². The number of hydrogen-bond acceptors (Lipinski definition) is 4. The Labute approximate surface area is 135 Å². The molecule has 1 unspecified atom stereocenters. The van der Waals surface area contributed by atoms with Crippen LogP contribution < -0.4 is 10.1 Å². The van der Waals surface area contributed by atoms with Crippen molar-refractivity contribution in [3.8, 4) is 5.75 Å². The predicted molar refractivity (Wildman–Crippen MR) is 86.4 cm³/mol. The van der Waals surface area contributed by atoms with E-state index < -0.39 is 12.0 Å². The zero-order valence-corrected chi connectivity index (χ0v) is 13.1. The first-order valence-electron chi connectivity index (χ1n) is 7.20. The third-order valence-corrected chi connectivity index (χ3v) is 3.40. The maximum absolute atomic E-state index is 12.2. The van der Waals surface area contributed by atoms with Gasteiger partial charge in [0.25, 0.3) is 5.91 Å². The zero-order valence-electron chi connectivity index (χ0n) is 13.1. The van der Waals surface area contributed by atoms with Gasteiger partial charge in [-0.05, 0) is 29.8 Å². The number of carbonyl (C=O) groups excluding carboxylic acids is 2. The molecule has 2 aromatic carbocycles. The number of rotatable bonds is 6. The smallest absolute Gasteiger partial charge is 0.328 e. The average molecular weight is 313 g/mol. The second kappa shape index (κ2) is 7.98. The minimum atomic E-state index is -0.764. The van der Waals surface area contributed by atoms with Crippen molar-refractivity contribution in [1.82, 2.24) is 5.32 Å². The van der Waals surface area contributed by atoms with Gasteiger partial charge in [0.15, 0.2) is 0 Å². The summed E-state index contributed by atoms with van der Waals surface area (Å²) >= 11 is 0. The van der Waals surface area contributed by atoms with E-state index in [0.717, 1.165) is 5.56 Å². The monoisotopic (exact) mass is 313 g/mol. The molecular weight excluding hydrogens is 294 g/mol. The van der Waals surface area contributed by atoms with Crippen LogP contribution in [-0.4, -0.2) is 32.1 Å². The van der Waals surface area contributed by atoms with Gasteiger partial charge in [-0.15, -0.1) is 0 Å². The van der Waals surface area contributed by atoms with Crippen molar-refractivity contribution in [2.75, 3.05) is 14.2 Å². The Bertz CT molecular complexity index is 670. The fourth-order valence-electron chi connectivity index (χ4n) is 2.20. The van der Waals surface area contributed by atoms with E-state index in [1.165, 1.54) is 7.11 Å². The number of amides is 1. The van der Waals surface area contributed by atoms with Gasteiger partial charge in [0.2, 0.25) is 0 Å². The largest absolute Gasteiger partial charge is 0.497 e. The Morgan fingerprint density at radius 1 is 1.04 bits per heavy atom. The van der Waals surface area contributed by atoms with Gasteiger partial charge in [0.05, 0.1) is 14.2 Å². The topological polar surface area (TPSA) is 64.6 Å². The molecule has 0 radical (unpaired) electrons. The molecule has 0 fully saturated rings. The Balaban J connectivity index is 2.14. The van der Waals surface area contributed by atoms with Crippen LogP contribution in [0.4, 0.5) is 0 Å². The molecule has 5 nitrogen and oxygen atoms in total. The number of nitrogens with one attached hydrogen (secondary N) is 1. The van der Waals surface area contributed by atoms with E-state index >= 15 is 0 Å². The van der Waals surface area contributed by atoms with Crippen LogP contribution in [0.1, 0.15) is 15.9 Å². The van der Waals surface area contributed by atoms with Gasteiger partial charge in [-0.2, -0.15) is 0 Å². The van der Waals surface area contributed by atoms with E-state index in [-0.39, 0.29) is 5.91 Å². The first-order chi connectivity index (χ1) is 11.1. The van der Waals surface area contributed by atoms with E-state index in [9.17, 15) is 9.59 Å². The fraction of sp³-hybridized carbons (Fsp3) is 0.222. The van der Waals surface area contributed by atoms with E-state index in [4.69, 9.17) is 9.47 Å². The summed E-state index contributed by atoms with van der Waals surface area (Å²) in [6, 6.07) is 15.3. The molecular formula is C18H19NO4. The van der Waals surface area contributed by atoms with Crippen LogP contribution in [0, 0.1) is 0 Å². The van der Waals surface area contributed by atoms with Crippen LogP contribution in [-0.2, 0) is 16.0 Å². The van der Waals surface area contributed by atoms with Crippen LogP contribution in [0.25, 0.3) is 0 Å². The molecule has 1 N–H and O–H groups in total. The molecule has 0 bridgehead atoms. The number of esters is 1. The summed E-state index contributed by atoms with van der Waals surface area (Å²) in [5.41, 5.74) is 1.36. The van der Waals surface area contributed by atoms with Crippen LogP contribution in [0.5, 0.6) is 5.75 Å². The standard InChI is InChI=1S/C18H19NO4/c1-22-15-10-6-7-13(11-15)12-16(18(21)23-2)19-17(20)14-8-4-3-5-9-14/h3-11,16H,12H2,1-2H3,(H,19,20). The van der Waals surface area contributed by atoms with E-state index in [1.54, 1.807) is 31.4 Å². The summed E-state index contributed by atoms with van der Waals surface area (Å²) in [4.78, 5) is 24.2. The molecule has 0 aromatic heterocycles. The minimum absolute atomic E-state index is 0.316. The van der Waals surface area contributed by atoms with Gasteiger partial charge in [-0.1, -0.05) is 30.3 Å². The lowest BCUT2D eigenvalue weighted by molar-refractivity contribution is -0.142. The van der Waals surface area contributed by atoms with Crippen LogP contribution in [0.2, 0.25) is 0 Å². The molecule has 2 aromatic rings. The number of hydrogen-bond donors (Lipinski definition) is 1. The molecule has 5 heteroatoms. The van der Waals surface area contributed by atoms with E-state index in [0.29, 0.717) is 17.7 Å². The van der Waals surface area contributed by atoms with E-state index in [1.807, 2.05) is 30.3 Å². The number of methoxy groups -OCH3 is 2. The SMILES string of the molecule is COC(=O)C(Cc1cccc(OC)c1)NC(=O)c1ccccc1. The third kappa shape index (κ3) is 4.57. The highest BCUT2D eigenvalue weighted by molar-refractivity contribution is 5.96. The first kappa shape index (κ1) is 16.5. The molecule has 0 saturated carbocycles. The number of ether oxygens (including phenoxy) is 2. The molecule has 0 spiro atoms. The molecule has 2 rings (SSSR count). The molecule has 120 valence electrons. The first-order valence-corrected chi connectivity index (χ1v) is 7.20. The highest BCUT2D eigenvalue weighted by Gasteiger charge is 2.22. The Kier molecular flexibility index (Phi) is 5.74. The van der Waals surface area contributed by atoms with Gasteiger partial charge < -0.3 is 14.8 Å². The highest BCUT2D eigenvalue weighted by atomic mass is 16.5. The van der Waals surface area contributed by atoms with Crippen LogP contribution >= 0.6 is 0 Å². The van der Waals surface area contributed by atoms with Gasteiger partial charge in [-0.3, -0.25) is 4.79 Å². The highest BCUT2D eigenvalue weighted by Crippen LogP contribution is 2.14. The molecule has 1 amide bonds. The Hall–Kier alpha value is -2.82. The number of carbonyl (C=O) groups is 2. The maximum Gasteiger partial charge on any atom is 0.328 e. The zero-order chi connectivity index (χ0) is 16.7. The van der Waals surface area contributed by atoms with Gasteiger partial charge in [-0.25, -0.2) is 4.79 Å². The van der Waals surface area contributed by atoms with E-state index in [2.05, 4.69) is 5.32 Å². The Morgan fingerprint density at radius 2 is 1.78 bits per heavy atom. The van der Waals surface area contributed by atoms with Crippen molar-refractivity contribution in [1.29, 1.82) is 0 Å². The summed E-state index contributed by atoms with van der Waals surface area (Å²) < 4.78 is 9.96. The van der Waals surface area contributed by atoms with Crippen molar-refractivity contribution in [3.05, 3.63) is 65.7 Å². The summed E-state index contributed by atoms with van der Waals surface area (Å²) in [5.74, 6) is -0.110. The lowest BCUT2D eigenvalue weighted by atomic mass is 10.0. The molecule has 23 heavy (non-hydrogen) atoms. The van der Waals surface area contributed by atoms with Crippen LogP contribution in [0.15, 0.2) is 54.6 Å². The molecule has 0 aliphatic heterocycles. The molecule has 0 aliphatic carbocycles. The van der Waals surface area contributed by atoms with Gasteiger partial charge in [0, 0.05) is 12.0 Å². The normalized spacial score (nSPS) is 11.4. The third-order valence-electron chi connectivity index (χ3n) is 3.40. The lowest BCUT2D eigenvalue weighted by Gasteiger charge is -2.17. The van der Waals surface area contributed by atoms with Crippen molar-refractivity contribution in [3.63, 3.8) is 0 Å². The molecule has 0 saturated heterocycles. The van der Waals surface area contributed by atoms with Crippen LogP contribution in [0.3, 0.4) is 0 Å². The number of benzene rings is 2. The summed E-state index contributed by atoms with van der Waals surface area (Å²) in [5, 5.41) is 2.72. The van der Waals surface area contributed by atoms with Crippen molar-refractivity contribution in [2.45, 2.75) is 12.5 Å². The molecule has 0 heterocycles. The Morgan fingerprint density at radius 3 is 2.43 bits per heavy atom. The quantitative estimate of drug-likeness (QED) is 0.831. The predicted octanol–water partition coefficient (Wildman–Crippen LogP) is 2.21. The van der Waals surface area contributed by atoms with Crippen molar-refractivity contribution >= 4 is 11.9 Å². The second-order valence-electron chi connectivity index (χ2n) is 4.97.